The Morgan fingerprint density at radius 2 is 2.21 bits per heavy atom. The lowest BCUT2D eigenvalue weighted by Crippen LogP contribution is -2.23. The minimum absolute atomic E-state index is 0.00815. The third-order valence-corrected chi connectivity index (χ3v) is 2.39. The summed E-state index contributed by atoms with van der Waals surface area (Å²) in [5.41, 5.74) is -0.611. The Morgan fingerprint density at radius 1 is 1.57 bits per heavy atom. The third kappa shape index (κ3) is 2.00. The van der Waals surface area contributed by atoms with Crippen LogP contribution < -0.4 is 5.32 Å². The highest BCUT2D eigenvalue weighted by Gasteiger charge is 2.22. The molecule has 72 valence electrons. The number of dihydropyridines is 1. The summed E-state index contributed by atoms with van der Waals surface area (Å²) in [4.78, 5) is 10.3. The first-order chi connectivity index (χ1) is 6.60. The minimum atomic E-state index is -2.71. The van der Waals surface area contributed by atoms with Crippen molar-refractivity contribution in [3.05, 3.63) is 26.6 Å². The molecular weight excluding hydrogens is 305 g/mol. The summed E-state index contributed by atoms with van der Waals surface area (Å²) >= 11 is 1.67. The van der Waals surface area contributed by atoms with E-state index in [2.05, 4.69) is 5.32 Å². The van der Waals surface area contributed by atoms with Crippen LogP contribution in [0.25, 0.3) is 0 Å². The largest absolute Gasteiger partial charge is 0.343 e. The molecule has 0 aromatic rings. The highest BCUT2D eigenvalue weighted by molar-refractivity contribution is 14.1. The van der Waals surface area contributed by atoms with Crippen molar-refractivity contribution >= 4 is 28.5 Å². The highest BCUT2D eigenvalue weighted by Crippen LogP contribution is 2.26. The number of nitriles is 1. The van der Waals surface area contributed by atoms with Crippen LogP contribution in [0.2, 0.25) is 0 Å². The van der Waals surface area contributed by atoms with Crippen molar-refractivity contribution in [3.8, 4) is 6.07 Å². The number of allylic oxidation sites excluding steroid dienone is 4. The summed E-state index contributed by atoms with van der Waals surface area (Å²) in [6.07, 6.45) is -1.49. The van der Waals surface area contributed by atoms with Crippen LogP contribution in [0.15, 0.2) is 26.6 Å². The van der Waals surface area contributed by atoms with Crippen LogP contribution in [0, 0.1) is 11.3 Å². The smallest absolute Gasteiger partial charge is 0.279 e. The van der Waals surface area contributed by atoms with Gasteiger partial charge in [0.05, 0.1) is 11.3 Å². The standard InChI is InChI=1S/C8H3F2IN2O/c9-8(10)7-5(11)1-4(2-12)6(3-14)13-7/h1,8,13H. The monoisotopic (exact) mass is 308 g/mol. The first kappa shape index (κ1) is 10.9. The molecule has 0 fully saturated rings. The topological polar surface area (TPSA) is 52.9 Å². The fraction of sp³-hybridized carbons (Fsp3) is 0.125. The van der Waals surface area contributed by atoms with Gasteiger partial charge in [0.25, 0.3) is 6.43 Å². The van der Waals surface area contributed by atoms with Gasteiger partial charge in [-0.25, -0.2) is 13.6 Å². The van der Waals surface area contributed by atoms with E-state index >= 15 is 0 Å². The maximum atomic E-state index is 12.3. The van der Waals surface area contributed by atoms with Gasteiger partial charge in [0, 0.05) is 3.58 Å². The molecular formula is C8H3F2IN2O. The zero-order chi connectivity index (χ0) is 10.7. The molecule has 0 unspecified atom stereocenters. The molecule has 1 aliphatic rings. The van der Waals surface area contributed by atoms with Crippen LogP contribution in [0.5, 0.6) is 0 Å². The van der Waals surface area contributed by atoms with Crippen molar-refractivity contribution < 1.29 is 13.6 Å². The van der Waals surface area contributed by atoms with Gasteiger partial charge in [0.15, 0.2) is 5.94 Å². The minimum Gasteiger partial charge on any atom is -0.343 e. The zero-order valence-corrected chi connectivity index (χ0v) is 8.80. The summed E-state index contributed by atoms with van der Waals surface area (Å²) in [5.74, 6) is 1.40. The Morgan fingerprint density at radius 3 is 2.64 bits per heavy atom. The van der Waals surface area contributed by atoms with E-state index in [1.54, 1.807) is 28.7 Å². The number of nitrogens with zero attached hydrogens (tertiary/aromatic N) is 1. The molecule has 0 amide bonds. The van der Waals surface area contributed by atoms with Crippen LogP contribution >= 0.6 is 22.6 Å². The number of nitrogens with one attached hydrogen (secondary N) is 1. The van der Waals surface area contributed by atoms with E-state index < -0.39 is 6.43 Å². The lowest BCUT2D eigenvalue weighted by atomic mass is 10.1. The Balaban J connectivity index is 3.22. The van der Waals surface area contributed by atoms with Gasteiger partial charge < -0.3 is 5.32 Å². The molecule has 0 atom stereocenters. The molecule has 3 nitrogen and oxygen atoms in total. The molecule has 0 aromatic heterocycles. The van der Waals surface area contributed by atoms with Crippen molar-refractivity contribution in [2.24, 2.45) is 0 Å². The Hall–Kier alpha value is -1.19. The molecule has 0 spiro atoms. The normalized spacial score (nSPS) is 15.9. The summed E-state index contributed by atoms with van der Waals surface area (Å²) in [7, 11) is 0. The molecule has 0 bridgehead atoms. The van der Waals surface area contributed by atoms with E-state index in [-0.39, 0.29) is 20.5 Å². The average Bonchev–Trinajstić information content (AvgIpc) is 2.16. The number of hydrogen-bond donors (Lipinski definition) is 1. The van der Waals surface area contributed by atoms with Gasteiger partial charge >= 0.3 is 0 Å². The van der Waals surface area contributed by atoms with Crippen molar-refractivity contribution in [2.45, 2.75) is 6.43 Å². The maximum absolute atomic E-state index is 12.3. The lowest BCUT2D eigenvalue weighted by molar-refractivity contribution is 0.182. The highest BCUT2D eigenvalue weighted by atomic mass is 127. The molecule has 1 aliphatic heterocycles. The number of carbonyl (C=O) groups excluding carboxylic acids is 1. The van der Waals surface area contributed by atoms with Gasteiger partial charge in [0.1, 0.15) is 11.8 Å². The number of alkyl halides is 2. The maximum Gasteiger partial charge on any atom is 0.279 e. The molecule has 0 saturated heterocycles. The van der Waals surface area contributed by atoms with E-state index in [4.69, 9.17) is 5.26 Å². The van der Waals surface area contributed by atoms with Crippen LogP contribution in [-0.4, -0.2) is 12.4 Å². The summed E-state index contributed by atoms with van der Waals surface area (Å²) in [6.45, 7) is 0. The van der Waals surface area contributed by atoms with Gasteiger partial charge in [-0.1, -0.05) is 0 Å². The quantitative estimate of drug-likeness (QED) is 0.592. The SMILES string of the molecule is N#CC1=CC(I)=C(C(F)F)NC1=C=O. The number of rotatable bonds is 1. The third-order valence-electron chi connectivity index (χ3n) is 1.50. The Bertz CT molecular complexity index is 414. The molecule has 6 heteroatoms. The van der Waals surface area contributed by atoms with Crippen molar-refractivity contribution in [2.75, 3.05) is 0 Å². The summed E-state index contributed by atoms with van der Waals surface area (Å²) < 4.78 is 24.9. The molecule has 1 rings (SSSR count). The van der Waals surface area contributed by atoms with E-state index in [9.17, 15) is 13.6 Å². The second-order valence-electron chi connectivity index (χ2n) is 2.33. The van der Waals surface area contributed by atoms with Crippen molar-refractivity contribution in [1.82, 2.24) is 5.32 Å². The number of hydrogen-bond acceptors (Lipinski definition) is 3. The molecule has 0 saturated carbocycles. The van der Waals surface area contributed by atoms with E-state index in [1.807, 2.05) is 0 Å². The van der Waals surface area contributed by atoms with E-state index in [1.165, 1.54) is 12.0 Å². The predicted molar refractivity (Wildman–Crippen MR) is 53.1 cm³/mol. The zero-order valence-electron chi connectivity index (χ0n) is 6.64. The van der Waals surface area contributed by atoms with Crippen molar-refractivity contribution in [3.63, 3.8) is 0 Å². The molecule has 0 aliphatic carbocycles. The summed E-state index contributed by atoms with van der Waals surface area (Å²) in [6, 6.07) is 1.71. The first-order valence-corrected chi connectivity index (χ1v) is 4.50. The fourth-order valence-electron chi connectivity index (χ4n) is 0.866. The number of halogens is 3. The lowest BCUT2D eigenvalue weighted by Gasteiger charge is -2.16. The molecule has 1 heterocycles. The first-order valence-electron chi connectivity index (χ1n) is 3.42. The van der Waals surface area contributed by atoms with Gasteiger partial charge in [-0.15, -0.1) is 0 Å². The van der Waals surface area contributed by atoms with Gasteiger partial charge in [-0.2, -0.15) is 5.26 Å². The average molecular weight is 308 g/mol. The van der Waals surface area contributed by atoms with Crippen molar-refractivity contribution in [1.29, 1.82) is 5.26 Å². The molecule has 14 heavy (non-hydrogen) atoms. The van der Waals surface area contributed by atoms with E-state index in [0.717, 1.165) is 0 Å². The van der Waals surface area contributed by atoms with Crippen LogP contribution in [0.4, 0.5) is 8.78 Å². The van der Waals surface area contributed by atoms with Crippen LogP contribution in [0.3, 0.4) is 0 Å². The van der Waals surface area contributed by atoms with Gasteiger partial charge in [0.2, 0.25) is 0 Å². The van der Waals surface area contributed by atoms with Crippen LogP contribution in [0.1, 0.15) is 0 Å². The molecule has 0 radical (unpaired) electrons. The summed E-state index contributed by atoms with van der Waals surface area (Å²) in [5, 5.41) is 10.7. The van der Waals surface area contributed by atoms with Gasteiger partial charge in [-0.05, 0) is 28.7 Å². The molecule has 0 aromatic carbocycles. The van der Waals surface area contributed by atoms with Gasteiger partial charge in [-0.3, -0.25) is 0 Å². The van der Waals surface area contributed by atoms with E-state index in [0.29, 0.717) is 0 Å². The predicted octanol–water partition coefficient (Wildman–Crippen LogP) is 1.67. The fourth-order valence-corrected chi connectivity index (χ4v) is 1.55. The van der Waals surface area contributed by atoms with Crippen LogP contribution in [-0.2, 0) is 4.79 Å². The second kappa shape index (κ2) is 4.35. The Kier molecular flexibility index (Phi) is 3.38. The second-order valence-corrected chi connectivity index (χ2v) is 3.50. The Labute approximate surface area is 91.9 Å². The molecule has 1 N–H and O–H groups in total.